The van der Waals surface area contributed by atoms with Gasteiger partial charge in [-0.25, -0.2) is 9.18 Å². The molecule has 0 amide bonds. The molecule has 1 aliphatic rings. The van der Waals surface area contributed by atoms with Crippen molar-refractivity contribution in [1.29, 1.82) is 0 Å². The monoisotopic (exact) mass is 399 g/mol. The van der Waals surface area contributed by atoms with Gasteiger partial charge in [-0.1, -0.05) is 30.3 Å². The van der Waals surface area contributed by atoms with Crippen molar-refractivity contribution < 1.29 is 32.7 Å². The number of hydrogen-bond donors (Lipinski definition) is 0. The molecule has 1 atom stereocenters. The summed E-state index contributed by atoms with van der Waals surface area (Å²) in [7, 11) is 0. The zero-order valence-corrected chi connectivity index (χ0v) is 14.9. The molecule has 0 unspecified atom stereocenters. The molecule has 3 aromatic rings. The van der Waals surface area contributed by atoms with Crippen molar-refractivity contribution in [3.8, 4) is 5.75 Å². The number of fused-ring (bicyclic) bond motifs is 1. The Morgan fingerprint density at radius 1 is 1.21 bits per heavy atom. The molecule has 0 bridgehead atoms. The zero-order chi connectivity index (χ0) is 20.4. The minimum Gasteiger partial charge on any atom is -0.460 e. The van der Waals surface area contributed by atoms with E-state index >= 15 is 0 Å². The van der Waals surface area contributed by atoms with Crippen LogP contribution in [0.4, 0.5) is 10.3 Å². The first-order valence-electron chi connectivity index (χ1n) is 8.57. The maximum atomic E-state index is 14.0. The van der Waals surface area contributed by atoms with Gasteiger partial charge >= 0.3 is 11.9 Å². The molecule has 0 saturated heterocycles. The van der Waals surface area contributed by atoms with E-state index in [0.29, 0.717) is 16.9 Å². The van der Waals surface area contributed by atoms with Gasteiger partial charge < -0.3 is 18.6 Å². The van der Waals surface area contributed by atoms with Crippen molar-refractivity contribution in [1.82, 2.24) is 0 Å². The van der Waals surface area contributed by atoms with E-state index in [0.717, 1.165) is 17.7 Å². The van der Waals surface area contributed by atoms with Crippen LogP contribution in [-0.2, 0) is 22.7 Å². The molecule has 8 nitrogen and oxygen atoms in total. The van der Waals surface area contributed by atoms with Gasteiger partial charge in [0.05, 0.1) is 12.7 Å². The van der Waals surface area contributed by atoms with Gasteiger partial charge in [0, 0.05) is 16.7 Å². The molecule has 0 aliphatic carbocycles. The van der Waals surface area contributed by atoms with Crippen LogP contribution in [0.5, 0.6) is 5.75 Å². The third-order valence-electron chi connectivity index (χ3n) is 4.23. The molecule has 0 radical (unpaired) electrons. The quantitative estimate of drug-likeness (QED) is 0.358. The standard InChI is InChI=1S/C20H14FNO7/c21-15-8-13(10-26-19(23)16-6-7-17(28-16)22(24)25)18-14(9-15)11-27-20(29-18)12-4-2-1-3-5-12/h1-9,20H,10-11H2/t20-/m1/s1. The Kier molecular flexibility index (Phi) is 4.96. The summed E-state index contributed by atoms with van der Waals surface area (Å²) in [5.41, 5.74) is 1.57. The highest BCUT2D eigenvalue weighted by atomic mass is 19.1. The summed E-state index contributed by atoms with van der Waals surface area (Å²) in [6.45, 7) is -0.188. The maximum absolute atomic E-state index is 14.0. The second kappa shape index (κ2) is 7.72. The lowest BCUT2D eigenvalue weighted by Gasteiger charge is -2.28. The summed E-state index contributed by atoms with van der Waals surface area (Å²) in [5.74, 6) is -1.99. The Morgan fingerprint density at radius 3 is 2.72 bits per heavy atom. The summed E-state index contributed by atoms with van der Waals surface area (Å²) in [5, 5.41) is 10.7. The van der Waals surface area contributed by atoms with Crippen LogP contribution in [0.15, 0.2) is 59.0 Å². The molecule has 29 heavy (non-hydrogen) atoms. The Hall–Kier alpha value is -3.72. The van der Waals surface area contributed by atoms with Crippen molar-refractivity contribution in [2.24, 2.45) is 0 Å². The van der Waals surface area contributed by atoms with E-state index in [-0.39, 0.29) is 19.0 Å². The van der Waals surface area contributed by atoms with E-state index in [1.807, 2.05) is 30.3 Å². The minimum atomic E-state index is -0.914. The lowest BCUT2D eigenvalue weighted by molar-refractivity contribution is -0.402. The number of carbonyl (C=O) groups is 1. The lowest BCUT2D eigenvalue weighted by Crippen LogP contribution is -2.20. The topological polar surface area (TPSA) is 101 Å². The minimum absolute atomic E-state index is 0.123. The molecule has 2 aromatic carbocycles. The number of esters is 1. The van der Waals surface area contributed by atoms with Crippen LogP contribution >= 0.6 is 0 Å². The fourth-order valence-corrected chi connectivity index (χ4v) is 2.91. The average molecular weight is 399 g/mol. The van der Waals surface area contributed by atoms with Gasteiger partial charge in [0.2, 0.25) is 12.1 Å². The molecule has 0 N–H and O–H groups in total. The summed E-state index contributed by atoms with van der Waals surface area (Å²) in [6.07, 6.45) is -0.684. The van der Waals surface area contributed by atoms with Gasteiger partial charge in [0.25, 0.3) is 0 Å². The average Bonchev–Trinajstić information content (AvgIpc) is 3.23. The summed E-state index contributed by atoms with van der Waals surface area (Å²) < 4.78 is 35.4. The van der Waals surface area contributed by atoms with Gasteiger partial charge in [-0.3, -0.25) is 10.1 Å². The smallest absolute Gasteiger partial charge is 0.433 e. The SMILES string of the molecule is O=C(OCc1cc(F)cc2c1O[C@H](c1ccccc1)OC2)c1ccc([N+](=O)[O-])o1. The van der Waals surface area contributed by atoms with Crippen molar-refractivity contribution in [2.75, 3.05) is 0 Å². The molecule has 148 valence electrons. The van der Waals surface area contributed by atoms with Crippen molar-refractivity contribution in [2.45, 2.75) is 19.5 Å². The van der Waals surface area contributed by atoms with Crippen molar-refractivity contribution >= 4 is 11.9 Å². The van der Waals surface area contributed by atoms with Crippen LogP contribution < -0.4 is 4.74 Å². The van der Waals surface area contributed by atoms with Gasteiger partial charge in [-0.15, -0.1) is 0 Å². The Bertz CT molecular complexity index is 1060. The largest absolute Gasteiger partial charge is 0.460 e. The highest BCUT2D eigenvalue weighted by Crippen LogP contribution is 2.37. The lowest BCUT2D eigenvalue weighted by atomic mass is 10.1. The highest BCUT2D eigenvalue weighted by Gasteiger charge is 2.26. The van der Waals surface area contributed by atoms with E-state index in [1.54, 1.807) is 0 Å². The highest BCUT2D eigenvalue weighted by molar-refractivity contribution is 5.86. The number of nitro groups is 1. The first kappa shape index (κ1) is 18.6. The normalized spacial score (nSPS) is 15.3. The molecule has 0 saturated carbocycles. The number of halogens is 1. The molecular formula is C20H14FNO7. The van der Waals surface area contributed by atoms with Crippen molar-refractivity contribution in [3.05, 3.63) is 93.0 Å². The number of ether oxygens (including phenoxy) is 3. The van der Waals surface area contributed by atoms with E-state index in [9.17, 15) is 19.3 Å². The number of hydrogen-bond acceptors (Lipinski definition) is 7. The van der Waals surface area contributed by atoms with Gasteiger partial charge in [-0.2, -0.15) is 0 Å². The van der Waals surface area contributed by atoms with Crippen LogP contribution in [0, 0.1) is 15.9 Å². The van der Waals surface area contributed by atoms with Crippen LogP contribution in [0.2, 0.25) is 0 Å². The molecular weight excluding hydrogens is 385 g/mol. The fourth-order valence-electron chi connectivity index (χ4n) is 2.91. The number of carbonyl (C=O) groups excluding carboxylic acids is 1. The van der Waals surface area contributed by atoms with Crippen LogP contribution in [0.1, 0.15) is 33.5 Å². The summed E-state index contributed by atoms with van der Waals surface area (Å²) >= 11 is 0. The maximum Gasteiger partial charge on any atom is 0.433 e. The Balaban J connectivity index is 1.53. The second-order valence-corrected chi connectivity index (χ2v) is 6.20. The van der Waals surface area contributed by atoms with Gasteiger partial charge in [-0.05, 0) is 18.2 Å². The first-order valence-corrected chi connectivity index (χ1v) is 8.57. The van der Waals surface area contributed by atoms with Gasteiger partial charge in [0.15, 0.2) is 0 Å². The molecule has 0 fully saturated rings. The van der Waals surface area contributed by atoms with Crippen LogP contribution in [0.3, 0.4) is 0 Å². The van der Waals surface area contributed by atoms with Crippen LogP contribution in [0.25, 0.3) is 0 Å². The number of furan rings is 1. The van der Waals surface area contributed by atoms with Gasteiger partial charge in [0.1, 0.15) is 23.1 Å². The Morgan fingerprint density at radius 2 is 2.00 bits per heavy atom. The van der Waals surface area contributed by atoms with E-state index in [1.165, 1.54) is 12.1 Å². The first-order chi connectivity index (χ1) is 14.0. The molecule has 1 aliphatic heterocycles. The molecule has 9 heteroatoms. The zero-order valence-electron chi connectivity index (χ0n) is 14.9. The second-order valence-electron chi connectivity index (χ2n) is 6.20. The molecule has 4 rings (SSSR count). The number of nitrogens with zero attached hydrogens (tertiary/aromatic N) is 1. The number of benzene rings is 2. The van der Waals surface area contributed by atoms with Crippen molar-refractivity contribution in [3.63, 3.8) is 0 Å². The summed E-state index contributed by atoms with van der Waals surface area (Å²) in [6, 6.07) is 13.9. The Labute approximate surface area is 163 Å². The summed E-state index contributed by atoms with van der Waals surface area (Å²) in [4.78, 5) is 22.0. The molecule has 2 heterocycles. The predicted molar refractivity (Wildman–Crippen MR) is 95.5 cm³/mol. The van der Waals surface area contributed by atoms with Crippen LogP contribution in [-0.4, -0.2) is 10.9 Å². The molecule has 1 aromatic heterocycles. The third kappa shape index (κ3) is 3.94. The van der Waals surface area contributed by atoms with E-state index in [2.05, 4.69) is 0 Å². The fraction of sp³-hybridized carbons (Fsp3) is 0.150. The predicted octanol–water partition coefficient (Wildman–Crippen LogP) is 4.29. The third-order valence-corrected chi connectivity index (χ3v) is 4.23. The molecule has 0 spiro atoms. The number of rotatable bonds is 5. The van der Waals surface area contributed by atoms with E-state index < -0.39 is 28.9 Å². The van der Waals surface area contributed by atoms with E-state index in [4.69, 9.17) is 18.6 Å².